The molecule has 0 saturated heterocycles. The van der Waals surface area contributed by atoms with Crippen molar-refractivity contribution in [1.29, 1.82) is 0 Å². The number of quaternary nitrogens is 2. The molecule has 1 atom stereocenters. The summed E-state index contributed by atoms with van der Waals surface area (Å²) in [5, 5.41) is 27.9. The molecule has 0 aromatic carbocycles. The quantitative estimate of drug-likeness (QED) is 0.298. The number of aliphatic hydroxyl groups excluding tert-OH is 2. The largest absolute Gasteiger partial charge is 0.544 e. The lowest BCUT2D eigenvalue weighted by Crippen LogP contribution is -2.47. The molecule has 0 spiro atoms. The first-order valence-corrected chi connectivity index (χ1v) is 8.75. The molecule has 0 aliphatic carbocycles. The summed E-state index contributed by atoms with van der Waals surface area (Å²) in [4.78, 5) is 9.89. The average molecular weight is 359 g/mol. The third kappa shape index (κ3) is 21.2. The maximum Gasteiger partial charge on any atom is 0.267 e. The number of aliphatic carboxylic acids is 1. The molecule has 0 rings (SSSR count). The van der Waals surface area contributed by atoms with Gasteiger partial charge in [0.05, 0.1) is 47.8 Å². The Hall–Kier alpha value is -0.780. The van der Waals surface area contributed by atoms with Crippen molar-refractivity contribution < 1.29 is 42.1 Å². The predicted octanol–water partition coefficient (Wildman–Crippen LogP) is -2.86. The van der Waals surface area contributed by atoms with Crippen molar-refractivity contribution in [3.8, 4) is 0 Å². The molecule has 140 valence electrons. The lowest BCUT2D eigenvalue weighted by atomic mass is 10.3. The molecule has 0 amide bonds. The number of hydrogen-bond donors (Lipinski definition) is 3. The number of aliphatic hydroxyl groups is 2. The van der Waals surface area contributed by atoms with Gasteiger partial charge in [0.1, 0.15) is 24.9 Å². The lowest BCUT2D eigenvalue weighted by Gasteiger charge is -2.31. The molecule has 3 N–H and O–H groups in total. The Morgan fingerprint density at radius 3 is 1.91 bits per heavy atom. The normalized spacial score (nSPS) is 13.9. The van der Waals surface area contributed by atoms with Gasteiger partial charge < -0.3 is 29.1 Å². The van der Waals surface area contributed by atoms with Crippen molar-refractivity contribution in [3.05, 3.63) is 0 Å². The fraction of sp³-hybridized carbons (Fsp3) is 0.923. The number of nitrogens with zero attached hydrogens (tertiary/aromatic N) is 2. The Kier molecular flexibility index (Phi) is 10.8. The third-order valence-electron chi connectivity index (χ3n) is 2.63. The van der Waals surface area contributed by atoms with Crippen molar-refractivity contribution >= 4 is 16.1 Å². The Labute approximate surface area is 138 Å². The highest BCUT2D eigenvalue weighted by atomic mass is 32.2. The van der Waals surface area contributed by atoms with Crippen molar-refractivity contribution in [2.24, 2.45) is 0 Å². The zero-order chi connectivity index (χ0) is 18.9. The molecule has 0 fully saturated rings. The van der Waals surface area contributed by atoms with Gasteiger partial charge in [0.15, 0.2) is 0 Å². The molecule has 0 aliphatic rings. The number of carboxylic acid groups (broad SMARTS) is 1. The second-order valence-corrected chi connectivity index (χ2v) is 8.64. The summed E-state index contributed by atoms with van der Waals surface area (Å²) in [5.74, 6) is -1.65. The van der Waals surface area contributed by atoms with Gasteiger partial charge in [0.25, 0.3) is 10.1 Å². The van der Waals surface area contributed by atoms with Crippen LogP contribution in [0, 0.1) is 0 Å². The van der Waals surface area contributed by atoms with Crippen LogP contribution in [0.3, 0.4) is 0 Å². The van der Waals surface area contributed by atoms with Gasteiger partial charge in [0.2, 0.25) is 0 Å². The Morgan fingerprint density at radius 1 is 1.17 bits per heavy atom. The molecule has 0 saturated carbocycles. The average Bonchev–Trinajstić information content (AvgIpc) is 2.19. The van der Waals surface area contributed by atoms with Gasteiger partial charge in [0, 0.05) is 13.0 Å². The highest BCUT2D eigenvalue weighted by molar-refractivity contribution is 7.85. The van der Waals surface area contributed by atoms with Crippen molar-refractivity contribution in [3.63, 3.8) is 0 Å². The van der Waals surface area contributed by atoms with Gasteiger partial charge >= 0.3 is 0 Å². The van der Waals surface area contributed by atoms with E-state index in [0.29, 0.717) is 21.9 Å². The molecule has 10 heteroatoms. The predicted molar refractivity (Wildman–Crippen MR) is 83.9 cm³/mol. The summed E-state index contributed by atoms with van der Waals surface area (Å²) in [5.41, 5.74) is 0. The lowest BCUT2D eigenvalue weighted by molar-refractivity contribution is -0.893. The second kappa shape index (κ2) is 10.2. The van der Waals surface area contributed by atoms with Crippen LogP contribution in [0.25, 0.3) is 0 Å². The zero-order valence-corrected chi connectivity index (χ0v) is 15.4. The molecule has 0 aromatic heterocycles. The topological polar surface area (TPSA) is 135 Å². The zero-order valence-electron chi connectivity index (χ0n) is 14.6. The van der Waals surface area contributed by atoms with Crippen molar-refractivity contribution in [1.82, 2.24) is 0 Å². The monoisotopic (exact) mass is 359 g/mol. The van der Waals surface area contributed by atoms with Crippen LogP contribution in [-0.2, 0) is 14.9 Å². The SMILES string of the molecule is C[N+](C)(C)CC(=O)[O-].C[N+](C)(CCCO)CC(O)CS(=O)(=O)O. The summed E-state index contributed by atoms with van der Waals surface area (Å²) >= 11 is 0. The van der Waals surface area contributed by atoms with E-state index >= 15 is 0 Å². The molecule has 9 nitrogen and oxygen atoms in total. The first-order chi connectivity index (χ1) is 10.1. The Balaban J connectivity index is 0. The first kappa shape index (κ1) is 24.5. The van der Waals surface area contributed by atoms with Crippen LogP contribution in [0.2, 0.25) is 0 Å². The van der Waals surface area contributed by atoms with Crippen molar-refractivity contribution in [2.45, 2.75) is 12.5 Å². The van der Waals surface area contributed by atoms with E-state index in [1.807, 2.05) is 14.1 Å². The van der Waals surface area contributed by atoms with E-state index in [9.17, 15) is 23.4 Å². The minimum atomic E-state index is -4.13. The molecule has 23 heavy (non-hydrogen) atoms. The van der Waals surface area contributed by atoms with Crippen LogP contribution >= 0.6 is 0 Å². The van der Waals surface area contributed by atoms with Crippen LogP contribution in [0.5, 0.6) is 0 Å². The van der Waals surface area contributed by atoms with Crippen LogP contribution in [0.1, 0.15) is 6.42 Å². The van der Waals surface area contributed by atoms with Gasteiger partial charge in [-0.05, 0) is 0 Å². The summed E-state index contributed by atoms with van der Waals surface area (Å²) < 4.78 is 30.3. The van der Waals surface area contributed by atoms with Gasteiger partial charge in [-0.25, -0.2) is 0 Å². The molecule has 1 unspecified atom stereocenters. The molecule has 0 bridgehead atoms. The fourth-order valence-corrected chi connectivity index (χ4v) is 2.44. The maximum absolute atomic E-state index is 10.5. The minimum absolute atomic E-state index is 0.0655. The number of carbonyl (C=O) groups is 1. The third-order valence-corrected chi connectivity index (χ3v) is 3.44. The van der Waals surface area contributed by atoms with E-state index in [1.165, 1.54) is 0 Å². The molecular formula is C13H31N2O7S+. The molecular weight excluding hydrogens is 328 g/mol. The molecule has 0 radical (unpaired) electrons. The molecule has 0 aliphatic heterocycles. The summed E-state index contributed by atoms with van der Waals surface area (Å²) in [7, 11) is 4.92. The van der Waals surface area contributed by atoms with Gasteiger partial charge in [-0.15, -0.1) is 0 Å². The Morgan fingerprint density at radius 2 is 1.65 bits per heavy atom. The van der Waals surface area contributed by atoms with Crippen LogP contribution < -0.4 is 5.11 Å². The van der Waals surface area contributed by atoms with E-state index in [-0.39, 0.29) is 19.7 Å². The van der Waals surface area contributed by atoms with E-state index in [4.69, 9.17) is 9.66 Å². The highest BCUT2D eigenvalue weighted by Gasteiger charge is 2.23. The smallest absolute Gasteiger partial charge is 0.267 e. The highest BCUT2D eigenvalue weighted by Crippen LogP contribution is 2.03. The van der Waals surface area contributed by atoms with Gasteiger partial charge in [-0.1, -0.05) is 0 Å². The summed E-state index contributed by atoms with van der Waals surface area (Å²) in [6.07, 6.45) is -0.500. The minimum Gasteiger partial charge on any atom is -0.544 e. The van der Waals surface area contributed by atoms with Gasteiger partial charge in [-0.2, -0.15) is 8.42 Å². The Bertz CT molecular complexity index is 444. The number of rotatable bonds is 9. The van der Waals surface area contributed by atoms with E-state index in [2.05, 4.69) is 0 Å². The van der Waals surface area contributed by atoms with Crippen LogP contribution in [0.4, 0.5) is 0 Å². The van der Waals surface area contributed by atoms with E-state index in [1.54, 1.807) is 21.1 Å². The standard InChI is InChI=1S/C8H19NO5S.C5H11NO2/c1-9(2,4-3-5-10)6-8(11)7-15(12,13)14;1-6(2,3)4-5(7)8/h8,10-11H,3-7H2,1-2H3;4H2,1-3H3/p+1. The molecule has 0 heterocycles. The van der Waals surface area contributed by atoms with E-state index < -0.39 is 27.9 Å². The van der Waals surface area contributed by atoms with Crippen LogP contribution in [0.15, 0.2) is 0 Å². The first-order valence-electron chi connectivity index (χ1n) is 7.14. The fourth-order valence-electron chi connectivity index (χ4n) is 1.84. The summed E-state index contributed by atoms with van der Waals surface area (Å²) in [6, 6.07) is 0. The number of hydrogen-bond acceptors (Lipinski definition) is 6. The number of likely N-dealkylation sites (N-methyl/N-ethyl adjacent to an activating group) is 2. The number of carboxylic acids is 1. The molecule has 0 aromatic rings. The van der Waals surface area contributed by atoms with Gasteiger partial charge in [-0.3, -0.25) is 4.55 Å². The van der Waals surface area contributed by atoms with E-state index in [0.717, 1.165) is 0 Å². The maximum atomic E-state index is 10.5. The van der Waals surface area contributed by atoms with Crippen LogP contribution in [-0.4, -0.2) is 111 Å². The summed E-state index contributed by atoms with van der Waals surface area (Å²) in [6.45, 7) is 0.995. The van der Waals surface area contributed by atoms with Crippen molar-refractivity contribution in [2.75, 3.05) is 67.2 Å². The second-order valence-electron chi connectivity index (χ2n) is 7.14. The number of carbonyl (C=O) groups excluding carboxylic acids is 1.